The number of aliphatic hydroxyl groups is 1. The first-order valence-electron chi connectivity index (χ1n) is 11.8. The van der Waals surface area contributed by atoms with E-state index in [0.717, 1.165) is 44.3 Å². The van der Waals surface area contributed by atoms with E-state index in [1.807, 2.05) is 24.3 Å². The molecule has 2 atom stereocenters. The van der Waals surface area contributed by atoms with Gasteiger partial charge in [-0.05, 0) is 49.9 Å². The molecule has 1 saturated heterocycles. The van der Waals surface area contributed by atoms with E-state index in [2.05, 4.69) is 12.2 Å². The molecule has 0 radical (unpaired) electrons. The first-order valence-corrected chi connectivity index (χ1v) is 11.8. The van der Waals surface area contributed by atoms with Gasteiger partial charge in [-0.2, -0.15) is 0 Å². The van der Waals surface area contributed by atoms with Crippen molar-refractivity contribution in [2.24, 2.45) is 0 Å². The summed E-state index contributed by atoms with van der Waals surface area (Å²) in [5, 5.41) is 21.9. The van der Waals surface area contributed by atoms with Crippen molar-refractivity contribution in [1.29, 1.82) is 0 Å². The van der Waals surface area contributed by atoms with Crippen molar-refractivity contribution < 1.29 is 29.3 Å². The van der Waals surface area contributed by atoms with Gasteiger partial charge in [-0.15, -0.1) is 0 Å². The van der Waals surface area contributed by atoms with Gasteiger partial charge >= 0.3 is 12.0 Å². The van der Waals surface area contributed by atoms with Crippen LogP contribution in [0.2, 0.25) is 0 Å². The molecule has 1 aliphatic heterocycles. The van der Waals surface area contributed by atoms with Crippen molar-refractivity contribution in [3.8, 4) is 11.5 Å². The molecule has 180 valence electrons. The predicted molar refractivity (Wildman–Crippen MR) is 122 cm³/mol. The van der Waals surface area contributed by atoms with Crippen LogP contribution in [0, 0.1) is 0 Å². The Hall–Kier alpha value is -2.48. The van der Waals surface area contributed by atoms with E-state index >= 15 is 0 Å². The number of urea groups is 1. The molecule has 0 aromatic heterocycles. The number of carbonyl (C=O) groups excluding carboxylic acids is 1. The molecule has 2 rings (SSSR count). The Morgan fingerprint density at radius 1 is 1.12 bits per heavy atom. The lowest BCUT2D eigenvalue weighted by Gasteiger charge is -2.18. The van der Waals surface area contributed by atoms with Crippen molar-refractivity contribution in [3.05, 3.63) is 24.3 Å². The summed E-state index contributed by atoms with van der Waals surface area (Å²) in [5.74, 6) is 0.733. The molecule has 1 fully saturated rings. The topological polar surface area (TPSA) is 108 Å². The van der Waals surface area contributed by atoms with Crippen LogP contribution in [-0.4, -0.2) is 65.6 Å². The fourth-order valence-corrected chi connectivity index (χ4v) is 3.58. The molecule has 32 heavy (non-hydrogen) atoms. The van der Waals surface area contributed by atoms with E-state index in [0.29, 0.717) is 38.3 Å². The minimum Gasteiger partial charge on any atom is -0.494 e. The quantitative estimate of drug-likeness (QED) is 0.312. The van der Waals surface area contributed by atoms with Crippen LogP contribution in [-0.2, 0) is 4.79 Å². The number of rotatable bonds is 17. The molecular formula is C24H38N2O6. The van der Waals surface area contributed by atoms with Gasteiger partial charge in [0.15, 0.2) is 0 Å². The van der Waals surface area contributed by atoms with Gasteiger partial charge in [0.25, 0.3) is 0 Å². The molecule has 3 N–H and O–H groups in total. The molecule has 1 aliphatic rings. The van der Waals surface area contributed by atoms with Crippen LogP contribution in [0.1, 0.15) is 64.7 Å². The minimum absolute atomic E-state index is 0.0901. The summed E-state index contributed by atoms with van der Waals surface area (Å²) in [5.41, 5.74) is 0. The van der Waals surface area contributed by atoms with Crippen LogP contribution in [0.25, 0.3) is 0 Å². The number of amides is 2. The van der Waals surface area contributed by atoms with Crippen LogP contribution in [0.4, 0.5) is 4.79 Å². The number of aliphatic hydroxyl groups excluding tert-OH is 1. The van der Waals surface area contributed by atoms with Crippen molar-refractivity contribution >= 4 is 12.0 Å². The Balaban J connectivity index is 1.57. The standard InChI is InChI=1S/C24H38N2O6/c1-2-3-16-31-21-10-12-22(13-11-21)32-18-20(27)14-15-26-17-19(25-24(26)30)8-6-4-5-7-9-23(28)29/h10-13,19-20,27H,2-9,14-18H2,1H3,(H,25,30)(H,28,29). The molecule has 0 saturated carbocycles. The van der Waals surface area contributed by atoms with E-state index in [4.69, 9.17) is 14.6 Å². The lowest BCUT2D eigenvalue weighted by molar-refractivity contribution is -0.137. The lowest BCUT2D eigenvalue weighted by Crippen LogP contribution is -2.32. The van der Waals surface area contributed by atoms with E-state index < -0.39 is 12.1 Å². The Labute approximate surface area is 190 Å². The maximum atomic E-state index is 12.1. The average Bonchev–Trinajstić information content (AvgIpc) is 3.13. The van der Waals surface area contributed by atoms with Gasteiger partial charge in [0.2, 0.25) is 0 Å². The van der Waals surface area contributed by atoms with Crippen molar-refractivity contribution in [1.82, 2.24) is 10.2 Å². The fourth-order valence-electron chi connectivity index (χ4n) is 3.58. The molecule has 8 heteroatoms. The SMILES string of the molecule is CCCCOc1ccc(OCC(O)CCN2CC(CCCCCCC(=O)O)NC2=O)cc1. The molecule has 1 heterocycles. The van der Waals surface area contributed by atoms with Gasteiger partial charge in [0.1, 0.15) is 18.1 Å². The minimum atomic E-state index is -0.749. The number of nitrogens with zero attached hydrogens (tertiary/aromatic N) is 1. The van der Waals surface area contributed by atoms with Crippen molar-refractivity contribution in [3.63, 3.8) is 0 Å². The number of benzene rings is 1. The van der Waals surface area contributed by atoms with E-state index in [-0.39, 0.29) is 25.1 Å². The third-order valence-electron chi connectivity index (χ3n) is 5.51. The molecule has 0 spiro atoms. The molecule has 0 aliphatic carbocycles. The summed E-state index contributed by atoms with van der Waals surface area (Å²) in [7, 11) is 0. The van der Waals surface area contributed by atoms with Gasteiger partial charge < -0.3 is 29.9 Å². The summed E-state index contributed by atoms with van der Waals surface area (Å²) >= 11 is 0. The molecule has 0 bridgehead atoms. The summed E-state index contributed by atoms with van der Waals surface area (Å²) in [6, 6.07) is 7.40. The summed E-state index contributed by atoms with van der Waals surface area (Å²) in [6.45, 7) is 4.12. The second-order valence-electron chi connectivity index (χ2n) is 8.37. The highest BCUT2D eigenvalue weighted by Crippen LogP contribution is 2.18. The van der Waals surface area contributed by atoms with Gasteiger partial charge in [0.05, 0.1) is 12.7 Å². The van der Waals surface area contributed by atoms with Gasteiger partial charge in [-0.1, -0.05) is 32.6 Å². The zero-order chi connectivity index (χ0) is 23.2. The van der Waals surface area contributed by atoms with E-state index in [1.165, 1.54) is 0 Å². The lowest BCUT2D eigenvalue weighted by atomic mass is 10.1. The third-order valence-corrected chi connectivity index (χ3v) is 5.51. The smallest absolute Gasteiger partial charge is 0.317 e. The summed E-state index contributed by atoms with van der Waals surface area (Å²) in [6.07, 6.45) is 6.57. The Kier molecular flexibility index (Phi) is 11.7. The number of nitrogens with one attached hydrogen (secondary N) is 1. The van der Waals surface area contributed by atoms with E-state index in [1.54, 1.807) is 4.90 Å². The Bertz CT molecular complexity index is 682. The fraction of sp³-hybridized carbons (Fsp3) is 0.667. The molecule has 1 aromatic carbocycles. The van der Waals surface area contributed by atoms with Crippen LogP contribution in [0.3, 0.4) is 0 Å². The highest BCUT2D eigenvalue weighted by Gasteiger charge is 2.28. The van der Waals surface area contributed by atoms with Crippen LogP contribution >= 0.6 is 0 Å². The highest BCUT2D eigenvalue weighted by atomic mass is 16.5. The maximum absolute atomic E-state index is 12.1. The average molecular weight is 451 g/mol. The first kappa shape index (κ1) is 25.8. The van der Waals surface area contributed by atoms with Gasteiger partial charge in [-0.3, -0.25) is 4.79 Å². The highest BCUT2D eigenvalue weighted by molar-refractivity contribution is 5.76. The zero-order valence-corrected chi connectivity index (χ0v) is 19.1. The molecular weight excluding hydrogens is 412 g/mol. The Morgan fingerprint density at radius 3 is 2.50 bits per heavy atom. The number of unbranched alkanes of at least 4 members (excludes halogenated alkanes) is 4. The Morgan fingerprint density at radius 2 is 1.81 bits per heavy atom. The molecule has 8 nitrogen and oxygen atoms in total. The number of aliphatic carboxylic acids is 1. The normalized spacial score (nSPS) is 16.6. The number of carbonyl (C=O) groups is 2. The second-order valence-corrected chi connectivity index (χ2v) is 8.37. The van der Waals surface area contributed by atoms with Crippen LogP contribution < -0.4 is 14.8 Å². The predicted octanol–water partition coefficient (Wildman–Crippen LogP) is 3.81. The van der Waals surface area contributed by atoms with Gasteiger partial charge in [-0.25, -0.2) is 4.79 Å². The molecule has 1 aromatic rings. The number of carboxylic acid groups (broad SMARTS) is 1. The second kappa shape index (κ2) is 14.6. The number of hydrogen-bond acceptors (Lipinski definition) is 5. The largest absolute Gasteiger partial charge is 0.494 e. The van der Waals surface area contributed by atoms with Crippen LogP contribution in [0.15, 0.2) is 24.3 Å². The van der Waals surface area contributed by atoms with E-state index in [9.17, 15) is 14.7 Å². The first-order chi connectivity index (χ1) is 15.5. The maximum Gasteiger partial charge on any atom is 0.317 e. The molecule has 2 amide bonds. The van der Waals surface area contributed by atoms with Gasteiger partial charge in [0, 0.05) is 25.6 Å². The van der Waals surface area contributed by atoms with Crippen LogP contribution in [0.5, 0.6) is 11.5 Å². The molecule has 2 unspecified atom stereocenters. The number of ether oxygens (including phenoxy) is 2. The van der Waals surface area contributed by atoms with Crippen molar-refractivity contribution in [2.45, 2.75) is 76.9 Å². The number of hydrogen-bond donors (Lipinski definition) is 3. The zero-order valence-electron chi connectivity index (χ0n) is 19.1. The monoisotopic (exact) mass is 450 g/mol. The number of carboxylic acids is 1. The van der Waals surface area contributed by atoms with Crippen molar-refractivity contribution in [2.75, 3.05) is 26.3 Å². The summed E-state index contributed by atoms with van der Waals surface area (Å²) < 4.78 is 11.3. The third kappa shape index (κ3) is 10.2. The summed E-state index contributed by atoms with van der Waals surface area (Å²) in [4.78, 5) is 24.4.